The van der Waals surface area contributed by atoms with Crippen LogP contribution in [0.25, 0.3) is 0 Å². The first kappa shape index (κ1) is 15.5. The van der Waals surface area contributed by atoms with E-state index in [0.29, 0.717) is 13.0 Å². The summed E-state index contributed by atoms with van der Waals surface area (Å²) in [5.41, 5.74) is 0.647. The molecule has 0 bridgehead atoms. The summed E-state index contributed by atoms with van der Waals surface area (Å²) in [6.07, 6.45) is -0.317. The molecule has 7 heteroatoms. The summed E-state index contributed by atoms with van der Waals surface area (Å²) in [6.45, 7) is 0.357. The first-order valence-electron chi connectivity index (χ1n) is 6.41. The Balaban J connectivity index is 2.20. The molecular formula is C14H15F3N2O2. The van der Waals surface area contributed by atoms with Crippen molar-refractivity contribution >= 4 is 5.78 Å². The zero-order valence-corrected chi connectivity index (χ0v) is 11.4. The summed E-state index contributed by atoms with van der Waals surface area (Å²) in [6, 6.07) is 3.53. The van der Waals surface area contributed by atoms with Gasteiger partial charge in [-0.2, -0.15) is 13.2 Å². The van der Waals surface area contributed by atoms with E-state index in [9.17, 15) is 18.0 Å². The maximum Gasteiger partial charge on any atom is 0.454 e. The van der Waals surface area contributed by atoms with Gasteiger partial charge in [0, 0.05) is 37.8 Å². The summed E-state index contributed by atoms with van der Waals surface area (Å²) >= 11 is 0. The van der Waals surface area contributed by atoms with Gasteiger partial charge in [-0.1, -0.05) is 0 Å². The molecule has 2 heterocycles. The predicted octanol–water partition coefficient (Wildman–Crippen LogP) is 2.67. The van der Waals surface area contributed by atoms with Gasteiger partial charge in [0.2, 0.25) is 0 Å². The Morgan fingerprint density at radius 2 is 2.10 bits per heavy atom. The lowest BCUT2D eigenvalue weighted by molar-refractivity contribution is -0.167. The van der Waals surface area contributed by atoms with Crippen LogP contribution < -0.4 is 0 Å². The highest BCUT2D eigenvalue weighted by molar-refractivity contribution is 5.99. The molecule has 4 nitrogen and oxygen atoms in total. The maximum absolute atomic E-state index is 12.5. The number of methoxy groups -OCH3 is 1. The van der Waals surface area contributed by atoms with E-state index in [1.165, 1.54) is 13.3 Å². The Labute approximate surface area is 120 Å². The Kier molecular flexibility index (Phi) is 4.62. The normalized spacial score (nSPS) is 19.3. The molecule has 1 unspecified atom stereocenters. The number of alkyl halides is 3. The number of carbonyl (C=O) groups is 1. The molecule has 0 spiro atoms. The number of pyridine rings is 1. The van der Waals surface area contributed by atoms with E-state index in [-0.39, 0.29) is 18.2 Å². The Hall–Kier alpha value is -1.89. The van der Waals surface area contributed by atoms with Crippen LogP contribution in [0.3, 0.4) is 0 Å². The molecule has 1 aromatic heterocycles. The summed E-state index contributed by atoms with van der Waals surface area (Å²) in [4.78, 5) is 16.8. The summed E-state index contributed by atoms with van der Waals surface area (Å²) in [5, 5.41) is 0. The van der Waals surface area contributed by atoms with Crippen molar-refractivity contribution in [2.24, 2.45) is 0 Å². The number of Topliss-reactive ketones (excluding diaryl/α,β-unsaturated/α-hetero) is 1. The molecule has 114 valence electrons. The van der Waals surface area contributed by atoms with Gasteiger partial charge in [-0.05, 0) is 30.5 Å². The Bertz CT molecular complexity index is 529. The fourth-order valence-electron chi connectivity index (χ4n) is 2.25. The maximum atomic E-state index is 12.5. The van der Waals surface area contributed by atoms with Crippen molar-refractivity contribution in [1.82, 2.24) is 9.88 Å². The number of carbonyl (C=O) groups excluding carboxylic acids is 1. The standard InChI is InChI=1S/C14H15F3N2O2/c1-21-12-3-2-11(13(20)14(15,16)17)9-19(12)8-10-4-6-18-7-5-10/h4-7,9,12H,2-3,8H2,1H3. The third kappa shape index (κ3) is 3.81. The topological polar surface area (TPSA) is 42.4 Å². The van der Waals surface area contributed by atoms with Crippen LogP contribution in [0.15, 0.2) is 36.3 Å². The fourth-order valence-corrected chi connectivity index (χ4v) is 2.25. The highest BCUT2D eigenvalue weighted by Gasteiger charge is 2.41. The van der Waals surface area contributed by atoms with E-state index >= 15 is 0 Å². The molecule has 0 amide bonds. The molecule has 2 rings (SSSR count). The van der Waals surface area contributed by atoms with Gasteiger partial charge in [0.1, 0.15) is 6.23 Å². The van der Waals surface area contributed by atoms with Crippen LogP contribution in [-0.2, 0) is 16.1 Å². The molecule has 0 aromatic carbocycles. The summed E-state index contributed by atoms with van der Waals surface area (Å²) in [7, 11) is 1.49. The minimum atomic E-state index is -4.84. The molecule has 1 atom stereocenters. The number of hydrogen-bond donors (Lipinski definition) is 0. The summed E-state index contributed by atoms with van der Waals surface area (Å²) in [5.74, 6) is -1.78. The number of aromatic nitrogens is 1. The fraction of sp³-hybridized carbons (Fsp3) is 0.429. The molecule has 1 aromatic rings. The minimum Gasteiger partial charge on any atom is -0.362 e. The zero-order chi connectivity index (χ0) is 15.5. The molecular weight excluding hydrogens is 285 g/mol. The van der Waals surface area contributed by atoms with Crippen molar-refractivity contribution in [3.8, 4) is 0 Å². The van der Waals surface area contributed by atoms with E-state index in [1.807, 2.05) is 0 Å². The van der Waals surface area contributed by atoms with Gasteiger partial charge in [-0.3, -0.25) is 9.78 Å². The molecule has 0 saturated carbocycles. The molecule has 21 heavy (non-hydrogen) atoms. The van der Waals surface area contributed by atoms with Crippen molar-refractivity contribution in [2.45, 2.75) is 31.8 Å². The average Bonchev–Trinajstić information content (AvgIpc) is 2.46. The number of rotatable bonds is 4. The van der Waals surface area contributed by atoms with Crippen molar-refractivity contribution in [2.75, 3.05) is 7.11 Å². The second-order valence-corrected chi connectivity index (χ2v) is 4.74. The average molecular weight is 300 g/mol. The van der Waals surface area contributed by atoms with Gasteiger partial charge >= 0.3 is 6.18 Å². The second kappa shape index (κ2) is 6.26. The third-order valence-electron chi connectivity index (χ3n) is 3.29. The zero-order valence-electron chi connectivity index (χ0n) is 11.4. The minimum absolute atomic E-state index is 0.0592. The molecule has 0 radical (unpaired) electrons. The smallest absolute Gasteiger partial charge is 0.362 e. The number of ether oxygens (including phenoxy) is 1. The van der Waals surface area contributed by atoms with Crippen LogP contribution in [-0.4, -0.2) is 35.2 Å². The highest BCUT2D eigenvalue weighted by atomic mass is 19.4. The van der Waals surface area contributed by atoms with Gasteiger partial charge in [-0.15, -0.1) is 0 Å². The van der Waals surface area contributed by atoms with E-state index in [4.69, 9.17) is 4.74 Å². The lowest BCUT2D eigenvalue weighted by Gasteiger charge is -2.34. The van der Waals surface area contributed by atoms with Crippen LogP contribution in [0.2, 0.25) is 0 Å². The largest absolute Gasteiger partial charge is 0.454 e. The number of nitrogens with zero attached hydrogens (tertiary/aromatic N) is 2. The van der Waals surface area contributed by atoms with Gasteiger partial charge in [0.15, 0.2) is 0 Å². The molecule has 1 aliphatic rings. The number of hydrogen-bond acceptors (Lipinski definition) is 4. The highest BCUT2D eigenvalue weighted by Crippen LogP contribution is 2.29. The van der Waals surface area contributed by atoms with E-state index < -0.39 is 12.0 Å². The first-order valence-corrected chi connectivity index (χ1v) is 6.41. The third-order valence-corrected chi connectivity index (χ3v) is 3.29. The van der Waals surface area contributed by atoms with Crippen LogP contribution in [0.1, 0.15) is 18.4 Å². The molecule has 0 aliphatic carbocycles. The van der Waals surface area contributed by atoms with Crippen LogP contribution in [0.5, 0.6) is 0 Å². The predicted molar refractivity (Wildman–Crippen MR) is 69.0 cm³/mol. The quantitative estimate of drug-likeness (QED) is 0.857. The van der Waals surface area contributed by atoms with Gasteiger partial charge in [-0.25, -0.2) is 0 Å². The monoisotopic (exact) mass is 300 g/mol. The van der Waals surface area contributed by atoms with Crippen LogP contribution >= 0.6 is 0 Å². The van der Waals surface area contributed by atoms with E-state index in [2.05, 4.69) is 4.98 Å². The lowest BCUT2D eigenvalue weighted by Crippen LogP contribution is -2.38. The number of allylic oxidation sites excluding steroid dienone is 1. The molecule has 1 aliphatic heterocycles. The van der Waals surface area contributed by atoms with Gasteiger partial charge in [0.05, 0.1) is 0 Å². The van der Waals surface area contributed by atoms with Gasteiger partial charge in [0.25, 0.3) is 5.78 Å². The van der Waals surface area contributed by atoms with Crippen LogP contribution in [0.4, 0.5) is 13.2 Å². The molecule has 0 fully saturated rings. The van der Waals surface area contributed by atoms with Gasteiger partial charge < -0.3 is 9.64 Å². The van der Waals surface area contributed by atoms with Crippen LogP contribution in [0, 0.1) is 0 Å². The summed E-state index contributed by atoms with van der Waals surface area (Å²) < 4.78 is 42.8. The molecule has 0 saturated heterocycles. The van der Waals surface area contributed by atoms with E-state index in [0.717, 1.165) is 5.56 Å². The van der Waals surface area contributed by atoms with Crippen molar-refractivity contribution in [3.05, 3.63) is 41.9 Å². The van der Waals surface area contributed by atoms with Crippen molar-refractivity contribution < 1.29 is 22.7 Å². The van der Waals surface area contributed by atoms with Crippen molar-refractivity contribution in [3.63, 3.8) is 0 Å². The number of halogens is 3. The number of ketones is 1. The van der Waals surface area contributed by atoms with Crippen molar-refractivity contribution in [1.29, 1.82) is 0 Å². The lowest BCUT2D eigenvalue weighted by atomic mass is 10.0. The van der Waals surface area contributed by atoms with E-state index in [1.54, 1.807) is 29.4 Å². The Morgan fingerprint density at radius 1 is 1.43 bits per heavy atom. The molecule has 0 N–H and O–H groups in total. The first-order chi connectivity index (χ1) is 9.91. The second-order valence-electron chi connectivity index (χ2n) is 4.74. The SMILES string of the molecule is COC1CCC(C(=O)C(F)(F)F)=CN1Cc1ccncc1. The Morgan fingerprint density at radius 3 is 2.67 bits per heavy atom.